The molecule has 0 bridgehead atoms. The van der Waals surface area contributed by atoms with Gasteiger partial charge in [-0.3, -0.25) is 9.69 Å². The Hall–Kier alpha value is -3.15. The zero-order chi connectivity index (χ0) is 25.1. The van der Waals surface area contributed by atoms with Gasteiger partial charge in [-0.05, 0) is 87.9 Å². The number of carbonyl (C=O) groups excluding carboxylic acids is 1. The van der Waals surface area contributed by atoms with E-state index in [1.54, 1.807) is 23.5 Å². The first kappa shape index (κ1) is 24.5. The lowest BCUT2D eigenvalue weighted by Gasteiger charge is -2.38. The third-order valence-corrected chi connectivity index (χ3v) is 8.59. The molecule has 0 saturated carbocycles. The lowest BCUT2D eigenvalue weighted by Crippen LogP contribution is -2.38. The largest absolute Gasteiger partial charge is 0.459 e. The van der Waals surface area contributed by atoms with Crippen molar-refractivity contribution in [1.82, 2.24) is 4.90 Å². The topological polar surface area (TPSA) is 45.5 Å². The Labute approximate surface area is 218 Å². The molecule has 1 atom stereocenters. The van der Waals surface area contributed by atoms with Gasteiger partial charge in [0, 0.05) is 10.4 Å². The average molecular weight is 499 g/mol. The molecule has 1 amide bonds. The molecule has 0 spiro atoms. The van der Waals surface area contributed by atoms with E-state index in [1.807, 2.05) is 0 Å². The summed E-state index contributed by atoms with van der Waals surface area (Å²) in [4.78, 5) is 16.8. The van der Waals surface area contributed by atoms with Gasteiger partial charge in [0.2, 0.25) is 0 Å². The second kappa shape index (κ2) is 10.9. The zero-order valence-electron chi connectivity index (χ0n) is 21.3. The number of furan rings is 1. The first-order valence-corrected chi connectivity index (χ1v) is 13.6. The van der Waals surface area contributed by atoms with Gasteiger partial charge in [0.15, 0.2) is 5.76 Å². The smallest absolute Gasteiger partial charge is 0.291 e. The van der Waals surface area contributed by atoms with Crippen molar-refractivity contribution < 1.29 is 9.21 Å². The van der Waals surface area contributed by atoms with Crippen LogP contribution in [0.2, 0.25) is 0 Å². The Bertz CT molecular complexity index is 1280. The monoisotopic (exact) mass is 498 g/mol. The Balaban J connectivity index is 1.44. The Kier molecular flexibility index (Phi) is 7.40. The number of nitrogens with zero attached hydrogens (tertiary/aromatic N) is 1. The SMILES string of the molecule is Cc1ccc([C@@H](c2c(NC(=O)c3ccco3)sc(C)c2C)N2CCC(Cc3ccccc3)CC2)cc1. The summed E-state index contributed by atoms with van der Waals surface area (Å²) in [6.07, 6.45) is 5.03. The normalized spacial score (nSPS) is 15.6. The van der Waals surface area contributed by atoms with Crippen LogP contribution in [-0.4, -0.2) is 23.9 Å². The van der Waals surface area contributed by atoms with E-state index >= 15 is 0 Å². The highest BCUT2D eigenvalue weighted by Crippen LogP contribution is 2.43. The molecule has 1 fully saturated rings. The molecule has 0 unspecified atom stereocenters. The van der Waals surface area contributed by atoms with Crippen molar-refractivity contribution in [2.75, 3.05) is 18.4 Å². The van der Waals surface area contributed by atoms with E-state index in [4.69, 9.17) is 4.42 Å². The van der Waals surface area contributed by atoms with Gasteiger partial charge < -0.3 is 9.73 Å². The predicted molar refractivity (Wildman–Crippen MR) is 148 cm³/mol. The number of rotatable bonds is 7. The number of likely N-dealkylation sites (tertiary alicyclic amines) is 1. The van der Waals surface area contributed by atoms with Gasteiger partial charge in [-0.15, -0.1) is 11.3 Å². The molecular weight excluding hydrogens is 464 g/mol. The minimum Gasteiger partial charge on any atom is -0.459 e. The maximum absolute atomic E-state index is 12.9. The standard InChI is InChI=1S/C31H34N2O2S/c1-21-11-13-26(14-12-21)29(33-17-15-25(16-18-33)20-24-8-5-4-6-9-24)28-22(2)23(3)36-31(28)32-30(34)27-10-7-19-35-27/h4-14,19,25,29H,15-18,20H2,1-3H3,(H,32,34)/t29-/m0/s1. The van der Waals surface area contributed by atoms with Crippen LogP contribution in [0.25, 0.3) is 0 Å². The van der Waals surface area contributed by atoms with E-state index < -0.39 is 0 Å². The lowest BCUT2D eigenvalue weighted by molar-refractivity contribution is 0.0996. The fourth-order valence-corrected chi connectivity index (χ4v) is 6.40. The Morgan fingerprint density at radius 2 is 1.72 bits per heavy atom. The minimum atomic E-state index is -0.202. The number of carbonyl (C=O) groups is 1. The Morgan fingerprint density at radius 1 is 1.00 bits per heavy atom. The molecule has 1 N–H and O–H groups in total. The second-order valence-corrected chi connectivity index (χ2v) is 11.2. The van der Waals surface area contributed by atoms with E-state index in [1.165, 1.54) is 51.8 Å². The van der Waals surface area contributed by atoms with E-state index in [-0.39, 0.29) is 11.9 Å². The number of amides is 1. The minimum absolute atomic E-state index is 0.0973. The Morgan fingerprint density at radius 3 is 2.39 bits per heavy atom. The first-order valence-electron chi connectivity index (χ1n) is 12.8. The molecule has 186 valence electrons. The van der Waals surface area contributed by atoms with Gasteiger partial charge in [0.1, 0.15) is 5.00 Å². The molecule has 5 heteroatoms. The number of piperidine rings is 1. The lowest BCUT2D eigenvalue weighted by atomic mass is 9.87. The summed E-state index contributed by atoms with van der Waals surface area (Å²) in [5.41, 5.74) is 6.42. The van der Waals surface area contributed by atoms with Gasteiger partial charge in [0.25, 0.3) is 5.91 Å². The van der Waals surface area contributed by atoms with E-state index in [0.717, 1.165) is 24.5 Å². The van der Waals surface area contributed by atoms with Crippen molar-refractivity contribution in [2.45, 2.75) is 46.1 Å². The molecule has 4 aromatic rings. The van der Waals surface area contributed by atoms with E-state index in [2.05, 4.69) is 85.6 Å². The summed E-state index contributed by atoms with van der Waals surface area (Å²) in [5.74, 6) is 0.829. The van der Waals surface area contributed by atoms with Gasteiger partial charge >= 0.3 is 0 Å². The molecule has 0 radical (unpaired) electrons. The quantitative estimate of drug-likeness (QED) is 0.286. The first-order chi connectivity index (χ1) is 17.5. The van der Waals surface area contributed by atoms with Crippen LogP contribution < -0.4 is 5.32 Å². The van der Waals surface area contributed by atoms with Crippen molar-refractivity contribution in [3.63, 3.8) is 0 Å². The fraction of sp³-hybridized carbons (Fsp3) is 0.323. The van der Waals surface area contributed by atoms with Crippen LogP contribution >= 0.6 is 11.3 Å². The molecule has 3 heterocycles. The van der Waals surface area contributed by atoms with Crippen LogP contribution in [0.4, 0.5) is 5.00 Å². The molecule has 2 aromatic heterocycles. The van der Waals surface area contributed by atoms with Crippen molar-refractivity contribution >= 4 is 22.2 Å². The van der Waals surface area contributed by atoms with Crippen LogP contribution in [0.1, 0.15) is 62.1 Å². The molecule has 4 nitrogen and oxygen atoms in total. The number of benzene rings is 2. The summed E-state index contributed by atoms with van der Waals surface area (Å²) in [6.45, 7) is 8.53. The molecule has 0 aliphatic carbocycles. The molecule has 1 aliphatic heterocycles. The number of hydrogen-bond donors (Lipinski definition) is 1. The molecule has 2 aromatic carbocycles. The maximum atomic E-state index is 12.9. The van der Waals surface area contributed by atoms with Gasteiger partial charge in [-0.2, -0.15) is 0 Å². The number of nitrogens with one attached hydrogen (secondary N) is 1. The molecule has 1 aliphatic rings. The molecule has 1 saturated heterocycles. The van der Waals surface area contributed by atoms with Crippen LogP contribution in [-0.2, 0) is 6.42 Å². The van der Waals surface area contributed by atoms with Crippen LogP contribution in [0, 0.1) is 26.7 Å². The van der Waals surface area contributed by atoms with E-state index in [9.17, 15) is 4.79 Å². The maximum Gasteiger partial charge on any atom is 0.291 e. The highest BCUT2D eigenvalue weighted by atomic mass is 32.1. The van der Waals surface area contributed by atoms with Crippen LogP contribution in [0.5, 0.6) is 0 Å². The van der Waals surface area contributed by atoms with Crippen molar-refractivity contribution in [2.24, 2.45) is 5.92 Å². The third kappa shape index (κ3) is 5.32. The van der Waals surface area contributed by atoms with Gasteiger partial charge in [-0.1, -0.05) is 60.2 Å². The van der Waals surface area contributed by atoms with Crippen LogP contribution in [0.15, 0.2) is 77.4 Å². The van der Waals surface area contributed by atoms with Gasteiger partial charge in [0.05, 0.1) is 12.3 Å². The van der Waals surface area contributed by atoms with Crippen molar-refractivity contribution in [3.8, 4) is 0 Å². The molecular formula is C31H34N2O2S. The fourth-order valence-electron chi connectivity index (χ4n) is 5.31. The zero-order valence-corrected chi connectivity index (χ0v) is 22.1. The third-order valence-electron chi connectivity index (χ3n) is 7.45. The summed E-state index contributed by atoms with van der Waals surface area (Å²) >= 11 is 1.66. The summed E-state index contributed by atoms with van der Waals surface area (Å²) in [6, 6.07) is 23.3. The average Bonchev–Trinajstić information content (AvgIpc) is 3.52. The predicted octanol–water partition coefficient (Wildman–Crippen LogP) is 7.56. The second-order valence-electron chi connectivity index (χ2n) is 9.94. The van der Waals surface area contributed by atoms with Crippen molar-refractivity contribution in [1.29, 1.82) is 0 Å². The summed E-state index contributed by atoms with van der Waals surface area (Å²) in [5, 5.41) is 4.10. The van der Waals surface area contributed by atoms with Gasteiger partial charge in [-0.25, -0.2) is 0 Å². The number of thiophene rings is 1. The van der Waals surface area contributed by atoms with Crippen LogP contribution in [0.3, 0.4) is 0 Å². The number of anilines is 1. The van der Waals surface area contributed by atoms with Crippen molar-refractivity contribution in [3.05, 3.63) is 111 Å². The highest BCUT2D eigenvalue weighted by Gasteiger charge is 2.32. The number of hydrogen-bond acceptors (Lipinski definition) is 4. The summed E-state index contributed by atoms with van der Waals surface area (Å²) < 4.78 is 5.36. The molecule has 36 heavy (non-hydrogen) atoms. The van der Waals surface area contributed by atoms with E-state index in [0.29, 0.717) is 11.7 Å². The molecule has 5 rings (SSSR count). The highest BCUT2D eigenvalue weighted by molar-refractivity contribution is 7.16. The number of aryl methyl sites for hydroxylation is 2. The summed E-state index contributed by atoms with van der Waals surface area (Å²) in [7, 11) is 0.